The summed E-state index contributed by atoms with van der Waals surface area (Å²) in [6.45, 7) is 0. The lowest BCUT2D eigenvalue weighted by Gasteiger charge is -1.87. The third-order valence-electron chi connectivity index (χ3n) is 0.816. The van der Waals surface area contributed by atoms with Crippen LogP contribution in [0.2, 0.25) is 0 Å². The van der Waals surface area contributed by atoms with Crippen LogP contribution >= 0.6 is 0 Å². The van der Waals surface area contributed by atoms with Crippen molar-refractivity contribution in [3.63, 3.8) is 0 Å². The van der Waals surface area contributed by atoms with Crippen molar-refractivity contribution < 1.29 is 18.8 Å². The highest BCUT2D eigenvalue weighted by Crippen LogP contribution is 2.04. The minimum atomic E-state index is -1.12. The molecule has 0 aliphatic rings. The van der Waals surface area contributed by atoms with Crippen LogP contribution in [0.4, 0.5) is 4.79 Å². The van der Waals surface area contributed by atoms with Gasteiger partial charge in [0.1, 0.15) is 0 Å². The number of nitrogens with zero attached hydrogens (tertiary/aromatic N) is 2. The topological polar surface area (TPSA) is 169 Å². The fourth-order valence-electron chi connectivity index (χ4n) is 0.437. The number of carbonyl (C=O) groups excluding carboxylic acids is 2. The number of nitrogens with two attached hydrogens (primary N) is 2. The van der Waals surface area contributed by atoms with E-state index in [4.69, 9.17) is 5.73 Å². The van der Waals surface area contributed by atoms with E-state index in [9.17, 15) is 9.59 Å². The number of aromatic nitrogens is 2. The third-order valence-corrected chi connectivity index (χ3v) is 0.816. The first-order valence-corrected chi connectivity index (χ1v) is 2.70. The van der Waals surface area contributed by atoms with E-state index in [1.807, 2.05) is 0 Å². The second kappa shape index (κ2) is 4.01. The van der Waals surface area contributed by atoms with Gasteiger partial charge in [-0.15, -0.1) is 4.98 Å². The molecule has 1 aromatic heterocycles. The van der Waals surface area contributed by atoms with Crippen molar-refractivity contribution in [3.05, 3.63) is 5.82 Å². The Balaban J connectivity index is 0.00000144. The summed E-state index contributed by atoms with van der Waals surface area (Å²) >= 11 is 0. The molecule has 0 aromatic carbocycles. The number of hydrogen-bond acceptors (Lipinski definition) is 7. The maximum Gasteiger partial charge on any atom is 0.427 e. The molecule has 1 aromatic rings. The lowest BCUT2D eigenvalue weighted by Crippen LogP contribution is -2.17. The van der Waals surface area contributed by atoms with Crippen LogP contribution in [0.1, 0.15) is 10.6 Å². The Kier molecular flexibility index (Phi) is 3.35. The van der Waals surface area contributed by atoms with Gasteiger partial charge in [0.15, 0.2) is 0 Å². The molecule has 0 aliphatic heterocycles. The Morgan fingerprint density at radius 2 is 2.00 bits per heavy atom. The Hall–Kier alpha value is -2.16. The van der Waals surface area contributed by atoms with Crippen LogP contribution in [-0.2, 0) is 0 Å². The van der Waals surface area contributed by atoms with Crippen LogP contribution in [-0.4, -0.2) is 22.1 Å². The van der Waals surface area contributed by atoms with E-state index in [-0.39, 0.29) is 12.0 Å². The monoisotopic (exact) mass is 189 g/mol. The lowest BCUT2D eigenvalue weighted by atomic mass is 10.6. The third kappa shape index (κ3) is 2.75. The highest BCUT2D eigenvalue weighted by molar-refractivity contribution is 5.88. The maximum atomic E-state index is 10.4. The first-order valence-electron chi connectivity index (χ1n) is 2.70. The number of primary amides is 2. The van der Waals surface area contributed by atoms with Gasteiger partial charge in [0, 0.05) is 0 Å². The van der Waals surface area contributed by atoms with Gasteiger partial charge in [0.05, 0.1) is 0 Å². The first kappa shape index (κ1) is 10.8. The summed E-state index contributed by atoms with van der Waals surface area (Å²) in [5.41, 5.74) is 9.37. The molecule has 0 spiro atoms. The zero-order valence-corrected chi connectivity index (χ0v) is 6.39. The van der Waals surface area contributed by atoms with Crippen molar-refractivity contribution in [2.75, 3.05) is 0 Å². The summed E-state index contributed by atoms with van der Waals surface area (Å²) in [4.78, 5) is 23.7. The molecule has 1 rings (SSSR count). The summed E-state index contributed by atoms with van der Waals surface area (Å²) in [6, 6.07) is 0. The van der Waals surface area contributed by atoms with Crippen LogP contribution in [0.25, 0.3) is 0 Å². The molecule has 1 heterocycles. The molecule has 0 saturated carbocycles. The molecule has 0 unspecified atom stereocenters. The van der Waals surface area contributed by atoms with Gasteiger partial charge in [-0.25, -0.2) is 4.79 Å². The quantitative estimate of drug-likeness (QED) is 0.523. The Morgan fingerprint density at radius 3 is 2.38 bits per heavy atom. The van der Waals surface area contributed by atoms with Gasteiger partial charge in [-0.05, 0) is 5.16 Å². The summed E-state index contributed by atoms with van der Waals surface area (Å²) in [5, 5.41) is 3.08. The van der Waals surface area contributed by atoms with Crippen LogP contribution < -0.4 is 22.4 Å². The van der Waals surface area contributed by atoms with E-state index in [2.05, 4.69) is 25.1 Å². The minimum absolute atomic E-state index is 0. The van der Waals surface area contributed by atoms with Crippen LogP contribution in [0.15, 0.2) is 4.52 Å². The molecular weight excluding hydrogens is 182 g/mol. The van der Waals surface area contributed by atoms with Gasteiger partial charge in [-0.3, -0.25) is 9.32 Å². The van der Waals surface area contributed by atoms with E-state index in [0.717, 1.165) is 0 Å². The van der Waals surface area contributed by atoms with Gasteiger partial charge in [0.2, 0.25) is 0 Å². The Labute approximate surface area is 71.6 Å². The second-order valence-corrected chi connectivity index (χ2v) is 1.67. The predicted molar refractivity (Wildman–Crippen MR) is 38.0 cm³/mol. The number of rotatable bonds is 2. The molecule has 72 valence electrons. The number of amides is 2. The van der Waals surface area contributed by atoms with E-state index in [1.165, 1.54) is 0 Å². The average molecular weight is 189 g/mol. The van der Waals surface area contributed by atoms with Crippen molar-refractivity contribution in [2.24, 2.45) is 11.5 Å². The number of carbonyl (C=O) groups is 2. The van der Waals surface area contributed by atoms with E-state index >= 15 is 0 Å². The van der Waals surface area contributed by atoms with Crippen LogP contribution in [0, 0.1) is 0 Å². The molecule has 0 atom stereocenters. The fourth-order valence-corrected chi connectivity index (χ4v) is 0.437. The van der Waals surface area contributed by atoms with Crippen molar-refractivity contribution in [1.29, 1.82) is 0 Å². The molecule has 2 amide bonds. The van der Waals surface area contributed by atoms with Gasteiger partial charge in [0.25, 0.3) is 11.7 Å². The molecule has 0 radical (unpaired) electrons. The SMILES string of the molecule is N.NC(=O)Oc1nc(C(N)=O)no1. The molecule has 0 saturated heterocycles. The van der Waals surface area contributed by atoms with Gasteiger partial charge >= 0.3 is 12.2 Å². The van der Waals surface area contributed by atoms with Gasteiger partial charge in [-0.2, -0.15) is 0 Å². The second-order valence-electron chi connectivity index (χ2n) is 1.67. The lowest BCUT2D eigenvalue weighted by molar-refractivity contribution is 0.0987. The Morgan fingerprint density at radius 1 is 1.38 bits per heavy atom. The number of ether oxygens (including phenoxy) is 1. The molecule has 9 heteroatoms. The van der Waals surface area contributed by atoms with Crippen molar-refractivity contribution in [2.45, 2.75) is 0 Å². The highest BCUT2D eigenvalue weighted by atomic mass is 16.7. The average Bonchev–Trinajstić information content (AvgIpc) is 2.34. The molecular formula is C4H7N5O4. The van der Waals surface area contributed by atoms with E-state index in [1.54, 1.807) is 0 Å². The molecule has 9 nitrogen and oxygen atoms in total. The molecule has 0 bridgehead atoms. The Bertz CT molecular complexity index is 320. The zero-order chi connectivity index (χ0) is 9.14. The largest absolute Gasteiger partial charge is 0.427 e. The van der Waals surface area contributed by atoms with Crippen molar-refractivity contribution in [3.8, 4) is 6.08 Å². The van der Waals surface area contributed by atoms with Crippen LogP contribution in [0.5, 0.6) is 6.08 Å². The summed E-state index contributed by atoms with van der Waals surface area (Å²) in [6.07, 6.45) is -1.63. The molecule has 13 heavy (non-hydrogen) atoms. The summed E-state index contributed by atoms with van der Waals surface area (Å²) in [5.74, 6) is -1.27. The smallest absolute Gasteiger partial charge is 0.363 e. The maximum absolute atomic E-state index is 10.4. The first-order chi connectivity index (χ1) is 5.59. The predicted octanol–water partition coefficient (Wildman–Crippen LogP) is -1.21. The van der Waals surface area contributed by atoms with E-state index < -0.39 is 18.1 Å². The van der Waals surface area contributed by atoms with E-state index in [0.29, 0.717) is 0 Å². The highest BCUT2D eigenvalue weighted by Gasteiger charge is 2.13. The molecule has 0 fully saturated rings. The van der Waals surface area contributed by atoms with Crippen molar-refractivity contribution in [1.82, 2.24) is 16.3 Å². The molecule has 0 aliphatic carbocycles. The van der Waals surface area contributed by atoms with Gasteiger partial charge in [-0.1, -0.05) is 0 Å². The van der Waals surface area contributed by atoms with Crippen molar-refractivity contribution >= 4 is 12.0 Å². The minimum Gasteiger partial charge on any atom is -0.363 e. The zero-order valence-electron chi connectivity index (χ0n) is 6.39. The summed E-state index contributed by atoms with van der Waals surface area (Å²) in [7, 11) is 0. The fraction of sp³-hybridized carbons (Fsp3) is 0. The normalized spacial score (nSPS) is 8.62. The number of hydrogen-bond donors (Lipinski definition) is 3. The standard InChI is InChI=1S/C4H4N4O4.H3N/c5-1(9)2-7-4(12-8-2)11-3(6)10;/h(H2,5,9)(H2,6,10);1H3. The van der Waals surface area contributed by atoms with Gasteiger partial charge < -0.3 is 22.4 Å². The summed E-state index contributed by atoms with van der Waals surface area (Å²) < 4.78 is 8.39. The molecule has 7 N–H and O–H groups in total. The van der Waals surface area contributed by atoms with Crippen LogP contribution in [0.3, 0.4) is 0 Å².